The fraction of sp³-hybridized carbons (Fsp3) is 0.684. The quantitative estimate of drug-likeness (QED) is 0.428. The Morgan fingerprint density at radius 2 is 1.89 bits per heavy atom. The van der Waals surface area contributed by atoms with Crippen molar-refractivity contribution in [1.82, 2.24) is 20.6 Å². The zero-order valence-corrected chi connectivity index (χ0v) is 16.7. The molecule has 0 spiro atoms. The first-order valence-electron chi connectivity index (χ1n) is 9.81. The van der Waals surface area contributed by atoms with E-state index >= 15 is 0 Å². The lowest BCUT2D eigenvalue weighted by atomic mass is 10.2. The summed E-state index contributed by atoms with van der Waals surface area (Å²) in [5.41, 5.74) is 0.455. The minimum absolute atomic E-state index is 0.0434. The average Bonchev–Trinajstić information content (AvgIpc) is 3.24. The van der Waals surface area contributed by atoms with Gasteiger partial charge in [0.15, 0.2) is 0 Å². The average molecular weight is 403 g/mol. The van der Waals surface area contributed by atoms with Crippen LogP contribution >= 0.6 is 0 Å². The van der Waals surface area contributed by atoms with Gasteiger partial charge in [0.1, 0.15) is 0 Å². The molecule has 0 aromatic rings. The van der Waals surface area contributed by atoms with Gasteiger partial charge in [0, 0.05) is 32.0 Å². The number of amides is 3. The Labute approximate surface area is 165 Å². The summed E-state index contributed by atoms with van der Waals surface area (Å²) in [5, 5.41) is 6.33. The van der Waals surface area contributed by atoms with Gasteiger partial charge in [-0.1, -0.05) is 6.58 Å². The van der Waals surface area contributed by atoms with Crippen LogP contribution in [0.5, 0.6) is 0 Å². The molecule has 2 fully saturated rings. The Balaban J connectivity index is 1.58. The molecule has 2 aliphatic heterocycles. The third-order valence-corrected chi connectivity index (χ3v) is 4.90. The van der Waals surface area contributed by atoms with Gasteiger partial charge in [-0.05, 0) is 39.7 Å². The van der Waals surface area contributed by atoms with Crippen LogP contribution in [0, 0.1) is 0 Å². The molecule has 0 radical (unpaired) electrons. The van der Waals surface area contributed by atoms with Gasteiger partial charge in [-0.2, -0.15) is 0 Å². The number of hydrogen-bond donors (Lipinski definition) is 2. The first-order chi connectivity index (χ1) is 13.3. The van der Waals surface area contributed by atoms with Gasteiger partial charge in [-0.3, -0.25) is 19.3 Å². The van der Waals surface area contributed by atoms with Crippen LogP contribution in [0.1, 0.15) is 52.4 Å². The fourth-order valence-corrected chi connectivity index (χ4v) is 3.39. The van der Waals surface area contributed by atoms with Gasteiger partial charge in [0.05, 0.1) is 18.2 Å². The van der Waals surface area contributed by atoms with E-state index in [1.807, 2.05) is 0 Å². The van der Waals surface area contributed by atoms with E-state index in [0.717, 1.165) is 24.4 Å². The molecule has 9 heteroatoms. The molecule has 0 aliphatic carbocycles. The zero-order chi connectivity index (χ0) is 20.7. The number of nitrogens with one attached hydrogen (secondary N) is 2. The molecule has 156 valence electrons. The predicted octanol–water partition coefficient (Wildman–Crippen LogP) is 0.466. The molecule has 0 saturated carbocycles. The first kappa shape index (κ1) is 21.9. The number of hydrogen-bond acceptors (Lipinski definition) is 6. The summed E-state index contributed by atoms with van der Waals surface area (Å²) in [5.74, 6) is -1.21. The molecule has 1 atom stereocenters. The van der Waals surface area contributed by atoms with Crippen LogP contribution in [-0.2, 0) is 24.0 Å². The minimum Gasteiger partial charge on any atom is -0.355 e. The van der Waals surface area contributed by atoms with Crippen molar-refractivity contribution in [2.24, 2.45) is 0 Å². The van der Waals surface area contributed by atoms with Gasteiger partial charge in [-0.15, -0.1) is 5.06 Å². The minimum atomic E-state index is -0.611. The predicted molar refractivity (Wildman–Crippen MR) is 101 cm³/mol. The van der Waals surface area contributed by atoms with Crippen molar-refractivity contribution in [3.05, 3.63) is 12.3 Å². The standard InChI is InChI=1S/C19H30N4O5/c1-13(2)22-12-4-5-15(22)19(27)21-10-8-16(24)20-11-9-18(26)28-23-14(3)6-7-17(23)25/h13,15H,3-12H2,1-2H3,(H,20,24)(H,21,27)/i1+1,2+1,8+1,10+1,13+1,16+1,18+1,20+1,21+1. The summed E-state index contributed by atoms with van der Waals surface area (Å²) in [7, 11) is 0. The largest absolute Gasteiger partial charge is 0.355 e. The van der Waals surface area contributed by atoms with Gasteiger partial charge in [0.2, 0.25) is 11.8 Å². The SMILES string of the molecule is C=C1CCC(=O)N1O[13C](=O)CC[15NH][13C](=O)[13CH2][13CH2][15NH]C(=O)C1CCCN1[13CH]([13CH3])[13CH3]. The summed E-state index contributed by atoms with van der Waals surface area (Å²) < 4.78 is 0. The molecule has 3 amide bonds. The maximum atomic E-state index is 12.3. The first-order valence-corrected chi connectivity index (χ1v) is 9.81. The number of likely N-dealkylation sites (tertiary alicyclic amines) is 1. The second-order valence-corrected chi connectivity index (χ2v) is 7.35. The van der Waals surface area contributed by atoms with Crippen molar-refractivity contribution < 1.29 is 24.0 Å². The number of nitrogens with zero attached hydrogens (tertiary/aromatic N) is 2. The Morgan fingerprint density at radius 3 is 2.54 bits per heavy atom. The van der Waals surface area contributed by atoms with Gasteiger partial charge in [-0.25, -0.2) is 4.79 Å². The topological polar surface area (TPSA) is 108 Å². The van der Waals surface area contributed by atoms with Crippen molar-refractivity contribution in [3.8, 4) is 0 Å². The van der Waals surface area contributed by atoms with E-state index in [-0.39, 0.29) is 56.1 Å². The van der Waals surface area contributed by atoms with Crippen LogP contribution in [0.25, 0.3) is 0 Å². The smallest absolute Gasteiger partial charge is 0.334 e. The fourth-order valence-electron chi connectivity index (χ4n) is 3.39. The summed E-state index contributed by atoms with van der Waals surface area (Å²) in [6.45, 7) is 9.07. The highest BCUT2D eigenvalue weighted by molar-refractivity contribution is 5.83. The number of hydroxylamine groups is 2. The maximum Gasteiger partial charge on any atom is 0.334 e. The Kier molecular flexibility index (Phi) is 7.98. The molecule has 0 bridgehead atoms. The Bertz CT molecular complexity index is 618. The van der Waals surface area contributed by atoms with E-state index in [9.17, 15) is 19.2 Å². The second kappa shape index (κ2) is 10.2. The van der Waals surface area contributed by atoms with Crippen molar-refractivity contribution in [1.29, 1.82) is 0 Å². The molecule has 9 nitrogen and oxygen atoms in total. The summed E-state index contributed by atoms with van der Waals surface area (Å²) in [6.07, 6.45) is 2.68. The molecule has 0 aromatic carbocycles. The van der Waals surface area contributed by atoms with E-state index in [2.05, 4.69) is 36.0 Å². The lowest BCUT2D eigenvalue weighted by molar-refractivity contribution is -0.186. The molecule has 0 aromatic heterocycles. The van der Waals surface area contributed by atoms with E-state index < -0.39 is 5.97 Å². The molecule has 2 N–H and O–H groups in total. The van der Waals surface area contributed by atoms with Gasteiger partial charge < -0.3 is 15.5 Å². The number of carbonyl (C=O) groups is 4. The van der Waals surface area contributed by atoms with Crippen LogP contribution in [0.3, 0.4) is 0 Å². The second-order valence-electron chi connectivity index (χ2n) is 7.35. The zero-order valence-electron chi connectivity index (χ0n) is 16.7. The normalized spacial score (nSPS) is 20.0. The molecule has 1 unspecified atom stereocenters. The number of allylic oxidation sites excluding steroid dienone is 1. The lowest BCUT2D eigenvalue weighted by Crippen LogP contribution is -2.46. The molecular formula is C19H30N4O5. The summed E-state index contributed by atoms with van der Waals surface area (Å²) in [6, 6.07) is 0.190. The van der Waals surface area contributed by atoms with Crippen LogP contribution < -0.4 is 10.6 Å². The number of carbonyl (C=O) groups excluding carboxylic acids is 4. The van der Waals surface area contributed by atoms with E-state index in [1.54, 1.807) is 0 Å². The highest BCUT2D eigenvalue weighted by Crippen LogP contribution is 2.21. The maximum absolute atomic E-state index is 12.3. The highest BCUT2D eigenvalue weighted by atomic mass is 16.8. The van der Waals surface area contributed by atoms with E-state index in [4.69, 9.17) is 4.84 Å². The molecule has 28 heavy (non-hydrogen) atoms. The third kappa shape index (κ3) is 6.05. The summed E-state index contributed by atoms with van der Waals surface area (Å²) >= 11 is 0. The lowest BCUT2D eigenvalue weighted by Gasteiger charge is -2.27. The third-order valence-electron chi connectivity index (χ3n) is 4.90. The molecule has 2 heterocycles. The Hall–Kier alpha value is -2.42. The summed E-state index contributed by atoms with van der Waals surface area (Å²) in [4.78, 5) is 54.5. The van der Waals surface area contributed by atoms with Crippen molar-refractivity contribution in [2.45, 2.75) is 64.5 Å². The molecule has 2 rings (SSSR count). The van der Waals surface area contributed by atoms with Crippen LogP contribution in [0.4, 0.5) is 0 Å². The number of rotatable bonds is 9. The monoisotopic (exact) mass is 403 g/mol. The van der Waals surface area contributed by atoms with Crippen LogP contribution in [-0.4, -0.2) is 65.4 Å². The van der Waals surface area contributed by atoms with Gasteiger partial charge >= 0.3 is 5.97 Å². The van der Waals surface area contributed by atoms with Crippen LogP contribution in [0.2, 0.25) is 0 Å². The van der Waals surface area contributed by atoms with Crippen LogP contribution in [0.15, 0.2) is 12.3 Å². The highest BCUT2D eigenvalue weighted by Gasteiger charge is 2.32. The van der Waals surface area contributed by atoms with Crippen molar-refractivity contribution in [2.75, 3.05) is 19.6 Å². The Morgan fingerprint density at radius 1 is 1.18 bits per heavy atom. The molecule has 2 saturated heterocycles. The molecule has 2 aliphatic rings. The van der Waals surface area contributed by atoms with Crippen molar-refractivity contribution >= 4 is 23.7 Å². The van der Waals surface area contributed by atoms with Gasteiger partial charge in [0.25, 0.3) is 5.91 Å². The van der Waals surface area contributed by atoms with Crippen molar-refractivity contribution in [3.63, 3.8) is 0 Å². The molecular weight excluding hydrogens is 373 g/mol. The van der Waals surface area contributed by atoms with E-state index in [0.29, 0.717) is 18.2 Å². The van der Waals surface area contributed by atoms with E-state index in [1.165, 1.54) is 0 Å².